The Hall–Kier alpha value is -0.890. The van der Waals surface area contributed by atoms with E-state index in [1.54, 1.807) is 6.07 Å². The molecule has 0 amide bonds. The van der Waals surface area contributed by atoms with Crippen molar-refractivity contribution in [3.63, 3.8) is 0 Å². The predicted octanol–water partition coefficient (Wildman–Crippen LogP) is 3.77. The van der Waals surface area contributed by atoms with Crippen LogP contribution in [-0.2, 0) is 0 Å². The largest absolute Gasteiger partial charge is 0.316 e. The number of rotatable bonds is 2. The minimum atomic E-state index is -0.0391. The van der Waals surface area contributed by atoms with E-state index in [9.17, 15) is 4.39 Å². The maximum Gasteiger partial charge on any atom is 0.126 e. The van der Waals surface area contributed by atoms with Crippen LogP contribution in [0.3, 0.4) is 0 Å². The minimum absolute atomic E-state index is 0.0391. The van der Waals surface area contributed by atoms with E-state index in [4.69, 9.17) is 0 Å². The van der Waals surface area contributed by atoms with Gasteiger partial charge in [-0.1, -0.05) is 37.0 Å². The van der Waals surface area contributed by atoms with Gasteiger partial charge in [0.15, 0.2) is 0 Å². The third-order valence-corrected chi connectivity index (χ3v) is 3.94. The van der Waals surface area contributed by atoms with Crippen LogP contribution >= 0.6 is 0 Å². The van der Waals surface area contributed by atoms with Gasteiger partial charge < -0.3 is 5.32 Å². The fourth-order valence-electron chi connectivity index (χ4n) is 2.97. The average Bonchev–Trinajstić information content (AvgIpc) is 2.57. The zero-order valence-corrected chi connectivity index (χ0v) is 10.8. The monoisotopic (exact) mass is 235 g/mol. The van der Waals surface area contributed by atoms with Gasteiger partial charge in [-0.25, -0.2) is 4.39 Å². The van der Waals surface area contributed by atoms with E-state index >= 15 is 0 Å². The van der Waals surface area contributed by atoms with Gasteiger partial charge in [-0.05, 0) is 38.4 Å². The van der Waals surface area contributed by atoms with Crippen LogP contribution in [0.2, 0.25) is 0 Å². The summed E-state index contributed by atoms with van der Waals surface area (Å²) in [6, 6.07) is 5.91. The lowest BCUT2D eigenvalue weighted by molar-refractivity contribution is 0.425. The molecule has 2 atom stereocenters. The molecule has 2 rings (SSSR count). The molecule has 2 heteroatoms. The highest BCUT2D eigenvalue weighted by atomic mass is 19.1. The van der Waals surface area contributed by atoms with Gasteiger partial charge in [-0.2, -0.15) is 0 Å². The summed E-state index contributed by atoms with van der Waals surface area (Å²) in [7, 11) is 2.00. The standard InChI is InChI=1S/C15H22FN/c1-11-8-9-14(16)13(10-11)12-6-4-3-5-7-15(12)17-2/h8-10,12,15,17H,3-7H2,1-2H3. The van der Waals surface area contributed by atoms with Crippen molar-refractivity contribution < 1.29 is 4.39 Å². The lowest BCUT2D eigenvalue weighted by Crippen LogP contribution is -2.31. The van der Waals surface area contributed by atoms with E-state index < -0.39 is 0 Å². The highest BCUT2D eigenvalue weighted by Crippen LogP contribution is 2.33. The number of halogens is 1. The fraction of sp³-hybridized carbons (Fsp3) is 0.600. The first kappa shape index (κ1) is 12.6. The molecule has 1 aromatic carbocycles. The van der Waals surface area contributed by atoms with Gasteiger partial charge in [0, 0.05) is 12.0 Å². The van der Waals surface area contributed by atoms with Crippen LogP contribution in [0.25, 0.3) is 0 Å². The number of likely N-dealkylation sites (N-methyl/N-ethyl adjacent to an activating group) is 1. The molecule has 0 saturated heterocycles. The number of aryl methyl sites for hydroxylation is 1. The molecule has 1 aromatic rings. The minimum Gasteiger partial charge on any atom is -0.316 e. The summed E-state index contributed by atoms with van der Waals surface area (Å²) in [5.74, 6) is 0.296. The lowest BCUT2D eigenvalue weighted by Gasteiger charge is -2.25. The second-order valence-corrected chi connectivity index (χ2v) is 5.16. The van der Waals surface area contributed by atoms with Crippen LogP contribution in [-0.4, -0.2) is 13.1 Å². The van der Waals surface area contributed by atoms with Crippen LogP contribution < -0.4 is 5.32 Å². The van der Waals surface area contributed by atoms with E-state index in [2.05, 4.69) is 5.32 Å². The maximum atomic E-state index is 14.0. The number of hydrogen-bond acceptors (Lipinski definition) is 1. The van der Waals surface area contributed by atoms with Crippen LogP contribution in [0.4, 0.5) is 4.39 Å². The summed E-state index contributed by atoms with van der Waals surface area (Å²) >= 11 is 0. The number of nitrogens with one attached hydrogen (secondary N) is 1. The van der Waals surface area contributed by atoms with E-state index in [-0.39, 0.29) is 5.82 Å². The quantitative estimate of drug-likeness (QED) is 0.769. The van der Waals surface area contributed by atoms with Crippen LogP contribution in [0.1, 0.15) is 49.1 Å². The van der Waals surface area contributed by atoms with Crippen molar-refractivity contribution in [2.75, 3.05) is 7.05 Å². The molecule has 1 nitrogen and oxygen atoms in total. The molecular formula is C15H22FN. The summed E-state index contributed by atoms with van der Waals surface area (Å²) in [6.07, 6.45) is 6.02. The van der Waals surface area contributed by atoms with Crippen LogP contribution in [0, 0.1) is 12.7 Å². The van der Waals surface area contributed by atoms with Crippen molar-refractivity contribution in [2.24, 2.45) is 0 Å². The Labute approximate surface area is 103 Å². The summed E-state index contributed by atoms with van der Waals surface area (Å²) in [4.78, 5) is 0. The highest BCUT2D eigenvalue weighted by Gasteiger charge is 2.25. The van der Waals surface area contributed by atoms with Gasteiger partial charge in [0.05, 0.1) is 0 Å². The second-order valence-electron chi connectivity index (χ2n) is 5.16. The molecule has 1 fully saturated rings. The topological polar surface area (TPSA) is 12.0 Å². The number of hydrogen-bond donors (Lipinski definition) is 1. The first-order valence-corrected chi connectivity index (χ1v) is 6.65. The molecule has 1 aliphatic carbocycles. The van der Waals surface area contributed by atoms with E-state index in [1.807, 2.05) is 26.1 Å². The molecule has 0 spiro atoms. The molecule has 0 aromatic heterocycles. The molecular weight excluding hydrogens is 213 g/mol. The van der Waals surface area contributed by atoms with E-state index in [0.29, 0.717) is 12.0 Å². The summed E-state index contributed by atoms with van der Waals surface area (Å²) in [6.45, 7) is 2.04. The molecule has 94 valence electrons. The Bertz CT molecular complexity index is 375. The lowest BCUT2D eigenvalue weighted by atomic mass is 9.86. The van der Waals surface area contributed by atoms with Crippen molar-refractivity contribution in [1.29, 1.82) is 0 Å². The van der Waals surface area contributed by atoms with Crippen molar-refractivity contribution in [1.82, 2.24) is 5.32 Å². The highest BCUT2D eigenvalue weighted by molar-refractivity contribution is 5.28. The van der Waals surface area contributed by atoms with Crippen molar-refractivity contribution in [3.05, 3.63) is 35.1 Å². The van der Waals surface area contributed by atoms with E-state index in [0.717, 1.165) is 24.0 Å². The Balaban J connectivity index is 2.31. The molecule has 0 heterocycles. The molecule has 1 N–H and O–H groups in total. The van der Waals surface area contributed by atoms with Gasteiger partial charge in [0.2, 0.25) is 0 Å². The molecule has 0 radical (unpaired) electrons. The summed E-state index contributed by atoms with van der Waals surface area (Å²) < 4.78 is 14.0. The maximum absolute atomic E-state index is 14.0. The Morgan fingerprint density at radius 3 is 2.71 bits per heavy atom. The molecule has 0 bridgehead atoms. The van der Waals surface area contributed by atoms with Crippen LogP contribution in [0.5, 0.6) is 0 Å². The average molecular weight is 235 g/mol. The van der Waals surface area contributed by atoms with Crippen molar-refractivity contribution in [3.8, 4) is 0 Å². The fourth-order valence-corrected chi connectivity index (χ4v) is 2.97. The SMILES string of the molecule is CNC1CCCCCC1c1cc(C)ccc1F. The Morgan fingerprint density at radius 2 is 1.94 bits per heavy atom. The van der Waals surface area contributed by atoms with Crippen molar-refractivity contribution in [2.45, 2.75) is 51.0 Å². The summed E-state index contributed by atoms with van der Waals surface area (Å²) in [5.41, 5.74) is 2.06. The van der Waals surface area contributed by atoms with Gasteiger partial charge in [0.25, 0.3) is 0 Å². The Morgan fingerprint density at radius 1 is 1.18 bits per heavy atom. The Kier molecular flexibility index (Phi) is 4.16. The van der Waals surface area contributed by atoms with Crippen molar-refractivity contribution >= 4 is 0 Å². The molecule has 1 saturated carbocycles. The smallest absolute Gasteiger partial charge is 0.126 e. The molecule has 1 aliphatic rings. The van der Waals surface area contributed by atoms with Gasteiger partial charge in [-0.3, -0.25) is 0 Å². The normalized spacial score (nSPS) is 25.6. The van der Waals surface area contributed by atoms with E-state index in [1.165, 1.54) is 19.3 Å². The zero-order chi connectivity index (χ0) is 12.3. The third-order valence-electron chi connectivity index (χ3n) is 3.94. The molecule has 2 unspecified atom stereocenters. The van der Waals surface area contributed by atoms with Gasteiger partial charge in [-0.15, -0.1) is 0 Å². The molecule has 17 heavy (non-hydrogen) atoms. The number of benzene rings is 1. The van der Waals surface area contributed by atoms with Gasteiger partial charge >= 0.3 is 0 Å². The first-order chi connectivity index (χ1) is 8.22. The first-order valence-electron chi connectivity index (χ1n) is 6.65. The zero-order valence-electron chi connectivity index (χ0n) is 10.8. The predicted molar refractivity (Wildman–Crippen MR) is 69.8 cm³/mol. The van der Waals surface area contributed by atoms with Gasteiger partial charge in [0.1, 0.15) is 5.82 Å². The molecule has 0 aliphatic heterocycles. The van der Waals surface area contributed by atoms with Crippen LogP contribution in [0.15, 0.2) is 18.2 Å². The third kappa shape index (κ3) is 2.86. The summed E-state index contributed by atoms with van der Waals surface area (Å²) in [5, 5.41) is 3.37. The second kappa shape index (κ2) is 5.63.